The summed E-state index contributed by atoms with van der Waals surface area (Å²) >= 11 is 1.11. The van der Waals surface area contributed by atoms with Crippen LogP contribution in [-0.2, 0) is 4.79 Å². The van der Waals surface area contributed by atoms with Crippen molar-refractivity contribution < 1.29 is 13.6 Å². The summed E-state index contributed by atoms with van der Waals surface area (Å²) in [6.45, 7) is 1.63. The molecule has 0 aliphatic carbocycles. The highest BCUT2D eigenvalue weighted by molar-refractivity contribution is 7.99. The van der Waals surface area contributed by atoms with E-state index in [0.29, 0.717) is 0 Å². The molecule has 1 rings (SSSR count). The van der Waals surface area contributed by atoms with Crippen LogP contribution in [0.5, 0.6) is 0 Å². The first-order valence-corrected chi connectivity index (χ1v) is 5.94. The standard InChI is InChI=1S/C11H14F2N2OS/c1-11(15-2,10(14)16)6-17-9-4-3-7(12)5-8(9)13/h3-5,15H,6H2,1-2H3,(H2,14,16). The van der Waals surface area contributed by atoms with Crippen LogP contribution in [0.3, 0.4) is 0 Å². The molecular weight excluding hydrogens is 246 g/mol. The maximum Gasteiger partial charge on any atom is 0.238 e. The Morgan fingerprint density at radius 2 is 2.18 bits per heavy atom. The number of hydrogen-bond donors (Lipinski definition) is 2. The fourth-order valence-corrected chi connectivity index (χ4v) is 2.17. The molecule has 0 heterocycles. The Balaban J connectivity index is 2.76. The fourth-order valence-electron chi connectivity index (χ4n) is 1.08. The first-order chi connectivity index (χ1) is 7.89. The highest BCUT2D eigenvalue weighted by Gasteiger charge is 2.29. The van der Waals surface area contributed by atoms with Crippen LogP contribution >= 0.6 is 11.8 Å². The maximum absolute atomic E-state index is 13.3. The average Bonchev–Trinajstić information content (AvgIpc) is 2.27. The van der Waals surface area contributed by atoms with Gasteiger partial charge in [-0.1, -0.05) is 0 Å². The van der Waals surface area contributed by atoms with Crippen LogP contribution in [0.15, 0.2) is 23.1 Å². The van der Waals surface area contributed by atoms with Crippen molar-refractivity contribution in [2.24, 2.45) is 5.73 Å². The Kier molecular flexibility index (Phi) is 4.47. The van der Waals surface area contributed by atoms with E-state index in [1.165, 1.54) is 12.1 Å². The van der Waals surface area contributed by atoms with Crippen molar-refractivity contribution in [1.29, 1.82) is 0 Å². The summed E-state index contributed by atoms with van der Waals surface area (Å²) in [5, 5.41) is 2.79. The quantitative estimate of drug-likeness (QED) is 0.789. The molecule has 0 spiro atoms. The number of likely N-dealkylation sites (N-methyl/N-ethyl adjacent to an activating group) is 1. The van der Waals surface area contributed by atoms with Crippen LogP contribution in [0.1, 0.15) is 6.92 Å². The lowest BCUT2D eigenvalue weighted by atomic mass is 10.1. The number of halogens is 2. The van der Waals surface area contributed by atoms with Crippen molar-refractivity contribution in [2.75, 3.05) is 12.8 Å². The van der Waals surface area contributed by atoms with Gasteiger partial charge in [-0.3, -0.25) is 4.79 Å². The van der Waals surface area contributed by atoms with Crippen molar-refractivity contribution in [3.8, 4) is 0 Å². The number of amides is 1. The smallest absolute Gasteiger partial charge is 0.238 e. The second-order valence-electron chi connectivity index (χ2n) is 3.81. The van der Waals surface area contributed by atoms with E-state index in [0.717, 1.165) is 17.8 Å². The van der Waals surface area contributed by atoms with E-state index >= 15 is 0 Å². The summed E-state index contributed by atoms with van der Waals surface area (Å²) in [6, 6.07) is 3.32. The fraction of sp³-hybridized carbons (Fsp3) is 0.364. The highest BCUT2D eigenvalue weighted by Crippen LogP contribution is 2.25. The minimum absolute atomic E-state index is 0.265. The first kappa shape index (κ1) is 13.9. The molecule has 0 aliphatic rings. The van der Waals surface area contributed by atoms with Crippen LogP contribution < -0.4 is 11.1 Å². The Morgan fingerprint density at radius 3 is 2.65 bits per heavy atom. The molecule has 6 heteroatoms. The molecule has 1 unspecified atom stereocenters. The third-order valence-electron chi connectivity index (χ3n) is 2.51. The molecule has 3 nitrogen and oxygen atoms in total. The molecule has 0 fully saturated rings. The predicted molar refractivity (Wildman–Crippen MR) is 63.7 cm³/mol. The summed E-state index contributed by atoms with van der Waals surface area (Å²) in [4.78, 5) is 11.5. The molecule has 0 bridgehead atoms. The number of benzene rings is 1. The summed E-state index contributed by atoms with van der Waals surface area (Å²) in [5.41, 5.74) is 4.31. The van der Waals surface area contributed by atoms with Crippen molar-refractivity contribution in [3.63, 3.8) is 0 Å². The predicted octanol–water partition coefficient (Wildman–Crippen LogP) is 1.52. The number of thioether (sulfide) groups is 1. The molecule has 1 aromatic rings. The van der Waals surface area contributed by atoms with Crippen LogP contribution in [0, 0.1) is 11.6 Å². The van der Waals surface area contributed by atoms with Gasteiger partial charge in [0, 0.05) is 16.7 Å². The van der Waals surface area contributed by atoms with E-state index in [2.05, 4.69) is 5.32 Å². The van der Waals surface area contributed by atoms with Crippen molar-refractivity contribution >= 4 is 17.7 Å². The molecule has 0 aliphatic heterocycles. The molecule has 0 radical (unpaired) electrons. The topological polar surface area (TPSA) is 55.1 Å². The molecule has 0 aromatic heterocycles. The minimum Gasteiger partial charge on any atom is -0.368 e. The van der Waals surface area contributed by atoms with Crippen LogP contribution in [0.4, 0.5) is 8.78 Å². The number of carbonyl (C=O) groups excluding carboxylic acids is 1. The number of rotatable bonds is 5. The van der Waals surface area contributed by atoms with E-state index in [1.807, 2.05) is 0 Å². The SMILES string of the molecule is CNC(C)(CSc1ccc(F)cc1F)C(N)=O. The van der Waals surface area contributed by atoms with Gasteiger partial charge in [0.2, 0.25) is 5.91 Å². The molecule has 1 amide bonds. The van der Waals surface area contributed by atoms with Gasteiger partial charge in [0.1, 0.15) is 17.2 Å². The van der Waals surface area contributed by atoms with Gasteiger partial charge < -0.3 is 11.1 Å². The second-order valence-corrected chi connectivity index (χ2v) is 4.83. The summed E-state index contributed by atoms with van der Waals surface area (Å²) < 4.78 is 26.0. The summed E-state index contributed by atoms with van der Waals surface area (Å²) in [6.07, 6.45) is 0. The second kappa shape index (κ2) is 5.46. The number of carbonyl (C=O) groups is 1. The van der Waals surface area contributed by atoms with Gasteiger partial charge in [0.15, 0.2) is 0 Å². The average molecular weight is 260 g/mol. The van der Waals surface area contributed by atoms with Crippen LogP contribution in [-0.4, -0.2) is 24.2 Å². The monoisotopic (exact) mass is 260 g/mol. The van der Waals surface area contributed by atoms with Crippen LogP contribution in [0.2, 0.25) is 0 Å². The number of primary amides is 1. The number of nitrogens with two attached hydrogens (primary N) is 1. The van der Waals surface area contributed by atoms with E-state index in [-0.39, 0.29) is 10.6 Å². The lowest BCUT2D eigenvalue weighted by Crippen LogP contribution is -2.53. The molecule has 1 aromatic carbocycles. The summed E-state index contributed by atoms with van der Waals surface area (Å²) in [5.74, 6) is -1.52. The van der Waals surface area contributed by atoms with Gasteiger partial charge in [-0.15, -0.1) is 11.8 Å². The third-order valence-corrected chi connectivity index (χ3v) is 3.87. The molecular formula is C11H14F2N2OS. The van der Waals surface area contributed by atoms with Gasteiger partial charge in [0.05, 0.1) is 0 Å². The maximum atomic E-state index is 13.3. The Bertz CT molecular complexity index is 428. The molecule has 17 heavy (non-hydrogen) atoms. The van der Waals surface area contributed by atoms with Crippen molar-refractivity contribution in [1.82, 2.24) is 5.32 Å². The third kappa shape index (κ3) is 3.41. The van der Waals surface area contributed by atoms with Gasteiger partial charge in [-0.05, 0) is 26.1 Å². The van der Waals surface area contributed by atoms with E-state index in [4.69, 9.17) is 5.73 Å². The zero-order valence-corrected chi connectivity index (χ0v) is 10.4. The molecule has 3 N–H and O–H groups in total. The lowest BCUT2D eigenvalue weighted by molar-refractivity contribution is -0.122. The van der Waals surface area contributed by atoms with Gasteiger partial charge >= 0.3 is 0 Å². The number of hydrogen-bond acceptors (Lipinski definition) is 3. The van der Waals surface area contributed by atoms with Gasteiger partial charge in [-0.25, -0.2) is 8.78 Å². The largest absolute Gasteiger partial charge is 0.368 e. The van der Waals surface area contributed by atoms with Gasteiger partial charge in [0.25, 0.3) is 0 Å². The highest BCUT2D eigenvalue weighted by atomic mass is 32.2. The first-order valence-electron chi connectivity index (χ1n) is 4.96. The minimum atomic E-state index is -0.925. The summed E-state index contributed by atoms with van der Waals surface area (Å²) in [7, 11) is 1.60. The van der Waals surface area contributed by atoms with E-state index < -0.39 is 23.1 Å². The lowest BCUT2D eigenvalue weighted by Gasteiger charge is -2.24. The molecule has 0 saturated carbocycles. The Labute approximate surface area is 103 Å². The molecule has 1 atom stereocenters. The zero-order chi connectivity index (χ0) is 13.1. The number of nitrogens with one attached hydrogen (secondary N) is 1. The van der Waals surface area contributed by atoms with Crippen molar-refractivity contribution in [2.45, 2.75) is 17.4 Å². The Hall–Kier alpha value is -1.14. The zero-order valence-electron chi connectivity index (χ0n) is 9.59. The van der Waals surface area contributed by atoms with Gasteiger partial charge in [-0.2, -0.15) is 0 Å². The van der Waals surface area contributed by atoms with Crippen molar-refractivity contribution in [3.05, 3.63) is 29.8 Å². The molecule has 94 valence electrons. The normalized spacial score (nSPS) is 14.4. The Morgan fingerprint density at radius 1 is 1.53 bits per heavy atom. The molecule has 0 saturated heterocycles. The van der Waals surface area contributed by atoms with E-state index in [9.17, 15) is 13.6 Å². The van der Waals surface area contributed by atoms with E-state index in [1.54, 1.807) is 14.0 Å². The van der Waals surface area contributed by atoms with Crippen LogP contribution in [0.25, 0.3) is 0 Å².